The van der Waals surface area contributed by atoms with Crippen LogP contribution in [0.4, 0.5) is 28.4 Å². The Morgan fingerprint density at radius 1 is 0.656 bits per heavy atom. The Morgan fingerprint density at radius 2 is 1.15 bits per heavy atom. The van der Waals surface area contributed by atoms with Crippen molar-refractivity contribution in [3.05, 3.63) is 114 Å². The summed E-state index contributed by atoms with van der Waals surface area (Å²) in [4.78, 5) is 70.8. The number of rotatable bonds is 17. The minimum atomic E-state index is -0.471. The molecule has 6 aromatic rings. The predicted octanol–water partition coefficient (Wildman–Crippen LogP) is 6.27. The van der Waals surface area contributed by atoms with E-state index in [0.717, 1.165) is 34.8 Å². The second-order valence-electron chi connectivity index (χ2n) is 13.9. The molecule has 9 N–H and O–H groups in total. The van der Waals surface area contributed by atoms with Crippen LogP contribution in [-0.2, 0) is 21.1 Å². The lowest BCUT2D eigenvalue weighted by Crippen LogP contribution is -2.28. The molecule has 17 nitrogen and oxygen atoms in total. The molecule has 0 radical (unpaired) electrons. The Hall–Kier alpha value is -6.31. The maximum atomic E-state index is 13.4. The zero-order chi connectivity index (χ0) is 43.1. The first-order valence-corrected chi connectivity index (χ1v) is 20.9. The summed E-state index contributed by atoms with van der Waals surface area (Å²) in [5, 5.41) is 23.7. The Morgan fingerprint density at radius 3 is 1.66 bits per heavy atom. The number of halogens is 3. The van der Waals surface area contributed by atoms with Crippen LogP contribution in [0.25, 0.3) is 10.9 Å². The smallest absolute Gasteiger partial charge is 0.272 e. The molecule has 61 heavy (non-hydrogen) atoms. The lowest BCUT2D eigenvalue weighted by atomic mass is 10.1. The molecular weight excluding hydrogens is 936 g/mol. The standard InChI is InChI=1S/C41H44Br2N12O5.ClH/c1-52-22-28(18-33(52)39(58)46-13-10-36(44)45)49-41(60)35-20-29(23-54(35)3)50-40(59)34-19-27(21-53(34)2)48-38(57)32-17-25-16-26(6-9-31(25)51-32)47-37(56)24-4-7-30(8-5-24)55(14-11-42)15-12-43;/h4-9,16-23,51H,10-15H2,1-3H3,(H3,44,45)(H,46,58)(H,47,56)(H,48,57)(H,49,60)(H,50,59);1H. The summed E-state index contributed by atoms with van der Waals surface area (Å²) in [5.41, 5.74) is 10.4. The number of nitrogens with one attached hydrogen (secondary N) is 7. The van der Waals surface area contributed by atoms with E-state index >= 15 is 0 Å². The van der Waals surface area contributed by atoms with E-state index in [0.29, 0.717) is 39.5 Å². The molecule has 0 atom stereocenters. The molecular formula is C41H45Br2ClN12O5. The maximum absolute atomic E-state index is 13.4. The topological polar surface area (TPSA) is 229 Å². The van der Waals surface area contributed by atoms with Crippen molar-refractivity contribution < 1.29 is 24.0 Å². The summed E-state index contributed by atoms with van der Waals surface area (Å²) in [5.74, 6) is -2.03. The quantitative estimate of drug-likeness (QED) is 0.0297. The van der Waals surface area contributed by atoms with Crippen LogP contribution in [-0.4, -0.2) is 84.4 Å². The molecule has 20 heteroatoms. The van der Waals surface area contributed by atoms with Crippen molar-refractivity contribution in [2.24, 2.45) is 26.9 Å². The number of H-pyrrole nitrogens is 1. The van der Waals surface area contributed by atoms with Gasteiger partial charge in [-0.2, -0.15) is 0 Å². The van der Waals surface area contributed by atoms with E-state index in [4.69, 9.17) is 11.1 Å². The molecule has 6 rings (SSSR count). The molecule has 320 valence electrons. The van der Waals surface area contributed by atoms with Crippen molar-refractivity contribution in [2.45, 2.75) is 6.42 Å². The van der Waals surface area contributed by atoms with E-state index in [2.05, 4.69) is 68.3 Å². The van der Waals surface area contributed by atoms with Gasteiger partial charge < -0.3 is 55.9 Å². The fourth-order valence-electron chi connectivity index (χ4n) is 6.50. The van der Waals surface area contributed by atoms with Gasteiger partial charge in [0, 0.05) is 104 Å². The number of aromatic amines is 1. The van der Waals surface area contributed by atoms with Gasteiger partial charge in [0.05, 0.1) is 22.9 Å². The minimum absolute atomic E-state index is 0. The Labute approximate surface area is 374 Å². The third kappa shape index (κ3) is 11.3. The highest BCUT2D eigenvalue weighted by Crippen LogP contribution is 2.24. The second kappa shape index (κ2) is 20.3. The fraction of sp³-hybridized carbons (Fsp3) is 0.220. The molecule has 0 saturated carbocycles. The molecule has 0 bridgehead atoms. The average Bonchev–Trinajstić information content (AvgIpc) is 3.99. The van der Waals surface area contributed by atoms with Gasteiger partial charge in [-0.25, -0.2) is 0 Å². The van der Waals surface area contributed by atoms with Gasteiger partial charge in [0.1, 0.15) is 22.8 Å². The van der Waals surface area contributed by atoms with Crippen LogP contribution in [0.2, 0.25) is 0 Å². The molecule has 0 aliphatic rings. The van der Waals surface area contributed by atoms with Crippen molar-refractivity contribution >= 4 is 119 Å². The number of hydrogen-bond acceptors (Lipinski definition) is 7. The summed E-state index contributed by atoms with van der Waals surface area (Å²) in [6.45, 7) is 1.89. The highest BCUT2D eigenvalue weighted by atomic mass is 79.9. The number of anilines is 5. The number of amides is 5. The first kappa shape index (κ1) is 45.8. The van der Waals surface area contributed by atoms with Crippen molar-refractivity contribution in [2.75, 3.05) is 56.5 Å². The van der Waals surface area contributed by atoms with Crippen LogP contribution in [0.15, 0.2) is 85.3 Å². The van der Waals surface area contributed by atoms with Gasteiger partial charge in [-0.15, -0.1) is 12.4 Å². The van der Waals surface area contributed by atoms with Crippen molar-refractivity contribution in [3.8, 4) is 0 Å². The molecule has 0 unspecified atom stereocenters. The summed E-state index contributed by atoms with van der Waals surface area (Å²) < 4.78 is 4.70. The number of carbonyl (C=O) groups excluding carboxylic acids is 5. The number of fused-ring (bicyclic) bond motifs is 1. The molecule has 4 heterocycles. The van der Waals surface area contributed by atoms with Crippen molar-refractivity contribution in [3.63, 3.8) is 0 Å². The Balaban J connectivity index is 0.00000704. The summed E-state index contributed by atoms with van der Waals surface area (Å²) in [7, 11) is 5.00. The van der Waals surface area contributed by atoms with E-state index in [-0.39, 0.29) is 60.1 Å². The van der Waals surface area contributed by atoms with Crippen molar-refractivity contribution in [1.82, 2.24) is 24.0 Å². The fourth-order valence-corrected chi connectivity index (χ4v) is 7.36. The number of aryl methyl sites for hydroxylation is 3. The normalized spacial score (nSPS) is 10.8. The summed E-state index contributed by atoms with van der Waals surface area (Å²) >= 11 is 6.98. The monoisotopic (exact) mass is 978 g/mol. The SMILES string of the molecule is Cl.Cn1cc(NC(=O)c2cc(NC(=O)c3cc(NC(=O)c4cc5cc(NC(=O)c6ccc(N(CCBr)CCBr)cc6)ccc5[nH]4)cn3C)cn2C)cc1C(=O)NCCC(=N)N. The number of benzene rings is 2. The average molecular weight is 981 g/mol. The van der Waals surface area contributed by atoms with Gasteiger partial charge in [-0.1, -0.05) is 31.9 Å². The zero-order valence-corrected chi connectivity index (χ0v) is 37.4. The Bertz CT molecular complexity index is 2590. The predicted molar refractivity (Wildman–Crippen MR) is 249 cm³/mol. The van der Waals surface area contributed by atoms with Gasteiger partial charge >= 0.3 is 0 Å². The second-order valence-corrected chi connectivity index (χ2v) is 15.5. The molecule has 0 fully saturated rings. The number of aromatic nitrogens is 4. The highest BCUT2D eigenvalue weighted by molar-refractivity contribution is 9.09. The summed E-state index contributed by atoms with van der Waals surface area (Å²) in [6, 6.07) is 19.1. The summed E-state index contributed by atoms with van der Waals surface area (Å²) in [6.07, 6.45) is 5.02. The molecule has 5 amide bonds. The van der Waals surface area contributed by atoms with Crippen LogP contribution in [0.1, 0.15) is 58.7 Å². The first-order chi connectivity index (χ1) is 28.7. The van der Waals surface area contributed by atoms with Crippen LogP contribution in [0.5, 0.6) is 0 Å². The van der Waals surface area contributed by atoms with E-state index in [1.165, 1.54) is 18.2 Å². The van der Waals surface area contributed by atoms with E-state index in [9.17, 15) is 24.0 Å². The van der Waals surface area contributed by atoms with Crippen LogP contribution in [0.3, 0.4) is 0 Å². The van der Waals surface area contributed by atoms with Crippen LogP contribution < -0.4 is 37.2 Å². The molecule has 4 aromatic heterocycles. The number of amidine groups is 1. The van der Waals surface area contributed by atoms with Gasteiger partial charge in [0.2, 0.25) is 0 Å². The molecule has 0 spiro atoms. The van der Waals surface area contributed by atoms with E-state index < -0.39 is 17.7 Å². The molecule has 0 saturated heterocycles. The number of nitrogens with zero attached hydrogens (tertiary/aromatic N) is 4. The maximum Gasteiger partial charge on any atom is 0.272 e. The zero-order valence-electron chi connectivity index (χ0n) is 33.4. The number of alkyl halides is 2. The largest absolute Gasteiger partial charge is 0.388 e. The molecule has 2 aromatic carbocycles. The third-order valence-corrected chi connectivity index (χ3v) is 10.2. The minimum Gasteiger partial charge on any atom is -0.388 e. The number of carbonyl (C=O) groups is 5. The molecule has 0 aliphatic heterocycles. The van der Waals surface area contributed by atoms with Gasteiger partial charge in [0.25, 0.3) is 29.5 Å². The molecule has 0 aliphatic carbocycles. The first-order valence-electron chi connectivity index (χ1n) is 18.7. The van der Waals surface area contributed by atoms with Crippen LogP contribution in [0, 0.1) is 5.41 Å². The lowest BCUT2D eigenvalue weighted by molar-refractivity contribution is 0.0944. The van der Waals surface area contributed by atoms with Gasteiger partial charge in [-0.3, -0.25) is 29.4 Å². The highest BCUT2D eigenvalue weighted by Gasteiger charge is 2.20. The van der Waals surface area contributed by atoms with Gasteiger partial charge in [0.15, 0.2) is 0 Å². The number of nitrogens with two attached hydrogens (primary N) is 1. The van der Waals surface area contributed by atoms with E-state index in [1.54, 1.807) is 89.8 Å². The third-order valence-electron chi connectivity index (χ3n) is 9.49. The van der Waals surface area contributed by atoms with Crippen molar-refractivity contribution in [1.29, 1.82) is 5.41 Å². The van der Waals surface area contributed by atoms with Crippen LogP contribution >= 0.6 is 44.3 Å². The lowest BCUT2D eigenvalue weighted by Gasteiger charge is -2.23. The Kier molecular flexibility index (Phi) is 15.2. The number of hydrogen-bond donors (Lipinski definition) is 8. The van der Waals surface area contributed by atoms with Gasteiger partial charge in [-0.05, 0) is 66.7 Å². The van der Waals surface area contributed by atoms with E-state index in [1.807, 2.05) is 12.1 Å².